The van der Waals surface area contributed by atoms with Gasteiger partial charge in [-0.05, 0) is 0 Å². The Morgan fingerprint density at radius 2 is 1.56 bits per heavy atom. The molecule has 0 aromatic rings. The Kier molecular flexibility index (Phi) is 12.0. The zero-order valence-electron chi connectivity index (χ0n) is 17.4. The first-order valence-electron chi connectivity index (χ1n) is 10.5. The van der Waals surface area contributed by atoms with Crippen molar-refractivity contribution in [2.45, 2.75) is 98.3 Å². The molecule has 0 saturated carbocycles. The van der Waals surface area contributed by atoms with Gasteiger partial charge in [0.1, 0.15) is 0 Å². The summed E-state index contributed by atoms with van der Waals surface area (Å²) in [4.78, 5) is 0. The molecule has 1 saturated heterocycles. The van der Waals surface area contributed by atoms with Crippen molar-refractivity contribution in [1.82, 2.24) is 0 Å². The number of rotatable bonds is 14. The van der Waals surface area contributed by atoms with Gasteiger partial charge in [0, 0.05) is 0 Å². The van der Waals surface area contributed by atoms with E-state index >= 15 is 0 Å². The van der Waals surface area contributed by atoms with Gasteiger partial charge in [0.25, 0.3) is 0 Å². The molecule has 3 nitrogen and oxygen atoms in total. The van der Waals surface area contributed by atoms with Gasteiger partial charge in [-0.1, -0.05) is 0 Å². The molecular formula is C21H42O3Sn. The van der Waals surface area contributed by atoms with E-state index in [1.54, 1.807) is 0 Å². The van der Waals surface area contributed by atoms with Crippen molar-refractivity contribution in [3.05, 3.63) is 12.2 Å². The monoisotopic (exact) mass is 462 g/mol. The summed E-state index contributed by atoms with van der Waals surface area (Å²) in [7, 11) is 0. The van der Waals surface area contributed by atoms with Crippen molar-refractivity contribution in [2.75, 3.05) is 17.8 Å². The Hall–Kier alpha value is 0.419. The predicted octanol–water partition coefficient (Wildman–Crippen LogP) is 6.10. The average molecular weight is 461 g/mol. The summed E-state index contributed by atoms with van der Waals surface area (Å²) in [5, 5.41) is 0. The van der Waals surface area contributed by atoms with E-state index < -0.39 is 24.2 Å². The van der Waals surface area contributed by atoms with Crippen LogP contribution in [0.2, 0.25) is 13.3 Å². The van der Waals surface area contributed by atoms with Crippen molar-refractivity contribution in [3.8, 4) is 0 Å². The Balaban J connectivity index is 2.46. The van der Waals surface area contributed by atoms with Crippen molar-refractivity contribution in [2.24, 2.45) is 0 Å². The van der Waals surface area contributed by atoms with Gasteiger partial charge in [-0.2, -0.15) is 0 Å². The molecule has 0 amide bonds. The molecule has 1 heterocycles. The summed E-state index contributed by atoms with van der Waals surface area (Å²) in [6, 6.07) is 0. The van der Waals surface area contributed by atoms with Crippen LogP contribution in [-0.4, -0.2) is 48.1 Å². The fourth-order valence-corrected chi connectivity index (χ4v) is 18.0. The number of hydrogen-bond acceptors (Lipinski definition) is 3. The molecule has 1 aliphatic rings. The topological polar surface area (TPSA) is 27.7 Å². The quantitative estimate of drug-likeness (QED) is 0.178. The summed E-state index contributed by atoms with van der Waals surface area (Å²) >= 11 is -2.12. The van der Waals surface area contributed by atoms with Crippen molar-refractivity contribution in [1.29, 1.82) is 0 Å². The standard InChI is InChI=1S/C9H15O3.3C4H9.Sn/c1-9(2)11-7-8(12-9)5-4-6-10-3;3*1-3-4-2;/h4-5,8H,3,6-7H2,1-2H3;3*1,3-4H2,2H3;/b5-4-;;;;/t8-;;;;/m0..../s1. The van der Waals surface area contributed by atoms with Gasteiger partial charge in [-0.15, -0.1) is 0 Å². The molecule has 4 heteroatoms. The molecule has 0 spiro atoms. The van der Waals surface area contributed by atoms with Gasteiger partial charge >= 0.3 is 161 Å². The first kappa shape index (κ1) is 23.5. The summed E-state index contributed by atoms with van der Waals surface area (Å²) in [6.45, 7) is 12.3. The van der Waals surface area contributed by atoms with Crippen LogP contribution in [0.15, 0.2) is 12.2 Å². The fourth-order valence-electron chi connectivity index (χ4n) is 3.61. The molecule has 1 atom stereocenters. The molecule has 1 aliphatic heterocycles. The Bertz CT molecular complexity index is 346. The first-order valence-corrected chi connectivity index (χ1v) is 18.6. The van der Waals surface area contributed by atoms with Gasteiger partial charge in [0.15, 0.2) is 0 Å². The van der Waals surface area contributed by atoms with Crippen LogP contribution in [-0.2, 0) is 14.2 Å². The minimum atomic E-state index is -2.12. The van der Waals surface area contributed by atoms with Crippen LogP contribution >= 0.6 is 0 Å². The van der Waals surface area contributed by atoms with Crippen LogP contribution in [0, 0.1) is 0 Å². The third-order valence-corrected chi connectivity index (χ3v) is 19.6. The summed E-state index contributed by atoms with van der Waals surface area (Å²) in [5.74, 6) is -0.443. The summed E-state index contributed by atoms with van der Waals surface area (Å²) < 4.78 is 23.3. The van der Waals surface area contributed by atoms with Crippen LogP contribution < -0.4 is 0 Å². The number of ether oxygens (including phenoxy) is 3. The van der Waals surface area contributed by atoms with Crippen molar-refractivity contribution >= 4 is 18.4 Å². The molecule has 1 rings (SSSR count). The molecule has 148 valence electrons. The van der Waals surface area contributed by atoms with E-state index in [9.17, 15) is 0 Å². The molecule has 0 N–H and O–H groups in total. The Morgan fingerprint density at radius 3 is 2.00 bits per heavy atom. The molecular weight excluding hydrogens is 419 g/mol. The molecule has 0 aliphatic carbocycles. The molecule has 0 aromatic heterocycles. The Labute approximate surface area is 160 Å². The van der Waals surface area contributed by atoms with Crippen LogP contribution in [0.5, 0.6) is 0 Å². The van der Waals surface area contributed by atoms with E-state index in [0.717, 1.165) is 11.2 Å². The van der Waals surface area contributed by atoms with Gasteiger partial charge in [0.05, 0.1) is 0 Å². The minimum absolute atomic E-state index is 0.0761. The van der Waals surface area contributed by atoms with E-state index in [4.69, 9.17) is 14.2 Å². The molecule has 0 unspecified atom stereocenters. The molecule has 0 bridgehead atoms. The average Bonchev–Trinajstić information content (AvgIpc) is 2.94. The van der Waals surface area contributed by atoms with Crippen LogP contribution in [0.3, 0.4) is 0 Å². The van der Waals surface area contributed by atoms with Crippen molar-refractivity contribution < 1.29 is 14.2 Å². The van der Waals surface area contributed by atoms with Crippen LogP contribution in [0.4, 0.5) is 0 Å². The van der Waals surface area contributed by atoms with Gasteiger partial charge in [-0.25, -0.2) is 0 Å². The second kappa shape index (κ2) is 12.7. The number of unbranched alkanes of at least 4 members (excludes halogenated alkanes) is 3. The maximum atomic E-state index is 6.21. The van der Waals surface area contributed by atoms with E-state index in [2.05, 4.69) is 32.9 Å². The summed E-state index contributed by atoms with van der Waals surface area (Å²) in [6.07, 6.45) is 12.5. The van der Waals surface area contributed by atoms with Crippen LogP contribution in [0.25, 0.3) is 0 Å². The number of hydrogen-bond donors (Lipinski definition) is 0. The molecule has 25 heavy (non-hydrogen) atoms. The van der Waals surface area contributed by atoms with Gasteiger partial charge in [-0.3, -0.25) is 0 Å². The first-order chi connectivity index (χ1) is 12.0. The molecule has 0 aromatic carbocycles. The third-order valence-electron chi connectivity index (χ3n) is 5.19. The molecule has 0 radical (unpaired) electrons. The fraction of sp³-hybridized carbons (Fsp3) is 0.905. The van der Waals surface area contributed by atoms with Gasteiger partial charge < -0.3 is 0 Å². The third kappa shape index (κ3) is 9.78. The van der Waals surface area contributed by atoms with E-state index in [-0.39, 0.29) is 6.10 Å². The SMILES string of the molecule is CCC[CH2][Sn]([CH2]CCC)([CH2]CCC)[CH2]OC/C=C\[C@H]1COC(C)(C)O1. The Morgan fingerprint density at radius 1 is 1.00 bits per heavy atom. The zero-order chi connectivity index (χ0) is 18.6. The normalized spacial score (nSPS) is 20.6. The van der Waals surface area contributed by atoms with Gasteiger partial charge in [0.2, 0.25) is 0 Å². The maximum absolute atomic E-state index is 6.21. The van der Waals surface area contributed by atoms with Crippen molar-refractivity contribution in [3.63, 3.8) is 0 Å². The molecule has 1 fully saturated rings. The second-order valence-electron chi connectivity index (χ2n) is 8.12. The van der Waals surface area contributed by atoms with Crippen LogP contribution in [0.1, 0.15) is 73.1 Å². The predicted molar refractivity (Wildman–Crippen MR) is 110 cm³/mol. The van der Waals surface area contributed by atoms with E-state index in [0.29, 0.717) is 6.61 Å². The van der Waals surface area contributed by atoms with E-state index in [1.807, 2.05) is 13.8 Å². The zero-order valence-corrected chi connectivity index (χ0v) is 20.3. The summed E-state index contributed by atoms with van der Waals surface area (Å²) in [5.41, 5.74) is 0. The van der Waals surface area contributed by atoms with E-state index in [1.165, 1.54) is 51.8 Å². The second-order valence-corrected chi connectivity index (χ2v) is 21.8.